The number of amides is 1. The molecule has 1 amide bonds. The van der Waals surface area contributed by atoms with E-state index in [1.807, 2.05) is 6.92 Å². The zero-order chi connectivity index (χ0) is 25.6. The quantitative estimate of drug-likeness (QED) is 0.447. The van der Waals surface area contributed by atoms with Gasteiger partial charge in [0.2, 0.25) is 5.91 Å². The molecular weight excluding hydrogens is 481 g/mol. The van der Waals surface area contributed by atoms with Crippen molar-refractivity contribution < 1.29 is 31.1 Å². The lowest BCUT2D eigenvalue weighted by atomic mass is 10.1. The van der Waals surface area contributed by atoms with Gasteiger partial charge >= 0.3 is 6.18 Å². The second-order valence-electron chi connectivity index (χ2n) is 7.70. The Kier molecular flexibility index (Phi) is 8.06. The Balaban J connectivity index is 1.89. The number of nitrogens with zero attached hydrogens (tertiary/aromatic N) is 1. The van der Waals surface area contributed by atoms with Crippen LogP contribution in [0.4, 0.5) is 18.9 Å². The van der Waals surface area contributed by atoms with Crippen molar-refractivity contribution in [2.24, 2.45) is 0 Å². The first-order valence-electron chi connectivity index (χ1n) is 10.8. The van der Waals surface area contributed by atoms with E-state index in [0.717, 1.165) is 22.0 Å². The van der Waals surface area contributed by atoms with E-state index in [1.54, 1.807) is 37.3 Å². The fourth-order valence-corrected chi connectivity index (χ4v) is 4.75. The molecule has 1 N–H and O–H groups in total. The smallest absolute Gasteiger partial charge is 0.416 e. The summed E-state index contributed by atoms with van der Waals surface area (Å²) in [6, 6.07) is 17.2. The van der Waals surface area contributed by atoms with Gasteiger partial charge in [0.25, 0.3) is 10.0 Å². The molecular formula is C25H25F3N2O4S. The number of carbonyl (C=O) groups excluding carboxylic acids is 1. The van der Waals surface area contributed by atoms with Crippen LogP contribution in [-0.4, -0.2) is 27.5 Å². The number of anilines is 1. The normalized spacial score (nSPS) is 11.7. The van der Waals surface area contributed by atoms with Crippen LogP contribution in [-0.2, 0) is 27.5 Å². The third-order valence-electron chi connectivity index (χ3n) is 5.07. The number of rotatable bonds is 9. The van der Waals surface area contributed by atoms with Gasteiger partial charge in [-0.05, 0) is 55.8 Å². The lowest BCUT2D eigenvalue weighted by Gasteiger charge is -2.26. The summed E-state index contributed by atoms with van der Waals surface area (Å²) in [4.78, 5) is 12.8. The van der Waals surface area contributed by atoms with Crippen molar-refractivity contribution >= 4 is 21.6 Å². The van der Waals surface area contributed by atoms with E-state index in [9.17, 15) is 26.4 Å². The zero-order valence-corrected chi connectivity index (χ0v) is 20.0. The summed E-state index contributed by atoms with van der Waals surface area (Å²) in [5.41, 5.74) is 0.433. The maximum Gasteiger partial charge on any atom is 0.416 e. The van der Waals surface area contributed by atoms with E-state index >= 15 is 0 Å². The van der Waals surface area contributed by atoms with Gasteiger partial charge in [-0.15, -0.1) is 0 Å². The highest BCUT2D eigenvalue weighted by Crippen LogP contribution is 2.33. The lowest BCUT2D eigenvalue weighted by molar-refractivity contribution is -0.137. The Morgan fingerprint density at radius 2 is 1.69 bits per heavy atom. The number of aryl methyl sites for hydroxylation is 1. The van der Waals surface area contributed by atoms with Crippen LogP contribution in [0.5, 0.6) is 5.75 Å². The van der Waals surface area contributed by atoms with Crippen LogP contribution in [0.1, 0.15) is 23.6 Å². The summed E-state index contributed by atoms with van der Waals surface area (Å²) in [6.07, 6.45) is -4.51. The monoisotopic (exact) mass is 506 g/mol. The average Bonchev–Trinajstić information content (AvgIpc) is 2.82. The van der Waals surface area contributed by atoms with Gasteiger partial charge < -0.3 is 10.1 Å². The molecule has 0 bridgehead atoms. The average molecular weight is 507 g/mol. The fraction of sp³-hybridized carbons (Fsp3) is 0.240. The Morgan fingerprint density at radius 3 is 2.34 bits per heavy atom. The minimum Gasteiger partial charge on any atom is -0.492 e. The molecule has 0 fully saturated rings. The molecule has 0 radical (unpaired) electrons. The van der Waals surface area contributed by atoms with Crippen LogP contribution in [0.2, 0.25) is 0 Å². The topological polar surface area (TPSA) is 75.7 Å². The lowest BCUT2D eigenvalue weighted by Crippen LogP contribution is -2.41. The first kappa shape index (κ1) is 26.1. The van der Waals surface area contributed by atoms with Crippen LogP contribution in [0.25, 0.3) is 0 Å². The molecule has 0 unspecified atom stereocenters. The fourth-order valence-electron chi connectivity index (χ4n) is 3.32. The van der Waals surface area contributed by atoms with E-state index in [4.69, 9.17) is 4.74 Å². The Hall–Kier alpha value is -3.53. The van der Waals surface area contributed by atoms with Gasteiger partial charge in [-0.1, -0.05) is 42.0 Å². The van der Waals surface area contributed by atoms with Crippen molar-refractivity contribution in [3.63, 3.8) is 0 Å². The SMILES string of the molecule is CCOc1ccccc1N(CC(=O)NCc1cccc(C(F)(F)F)c1)S(=O)(=O)c1ccc(C)cc1. The molecule has 186 valence electrons. The highest BCUT2D eigenvalue weighted by molar-refractivity contribution is 7.92. The Labute approximate surface area is 202 Å². The molecule has 0 heterocycles. The summed E-state index contributed by atoms with van der Waals surface area (Å²) in [5.74, 6) is -0.416. The maximum absolute atomic E-state index is 13.5. The summed E-state index contributed by atoms with van der Waals surface area (Å²) in [7, 11) is -4.17. The summed E-state index contributed by atoms with van der Waals surface area (Å²) in [6.45, 7) is 3.04. The molecule has 0 saturated heterocycles. The molecule has 6 nitrogen and oxygen atoms in total. The zero-order valence-electron chi connectivity index (χ0n) is 19.2. The van der Waals surface area contributed by atoms with Gasteiger partial charge in [0.05, 0.1) is 22.8 Å². The van der Waals surface area contributed by atoms with Crippen LogP contribution < -0.4 is 14.4 Å². The van der Waals surface area contributed by atoms with Gasteiger partial charge in [0.1, 0.15) is 12.3 Å². The van der Waals surface area contributed by atoms with Gasteiger partial charge in [0.15, 0.2) is 0 Å². The minimum absolute atomic E-state index is 0.0138. The highest BCUT2D eigenvalue weighted by atomic mass is 32.2. The van der Waals surface area contributed by atoms with Crippen molar-refractivity contribution in [3.8, 4) is 5.75 Å². The van der Waals surface area contributed by atoms with Crippen molar-refractivity contribution in [2.45, 2.75) is 31.5 Å². The molecule has 0 aromatic heterocycles. The van der Waals surface area contributed by atoms with Crippen molar-refractivity contribution in [1.29, 1.82) is 0 Å². The first-order valence-corrected chi connectivity index (χ1v) is 12.2. The van der Waals surface area contributed by atoms with E-state index in [2.05, 4.69) is 5.32 Å². The minimum atomic E-state index is -4.51. The van der Waals surface area contributed by atoms with E-state index in [0.29, 0.717) is 0 Å². The molecule has 10 heteroatoms. The number of hydrogen-bond donors (Lipinski definition) is 1. The maximum atomic E-state index is 13.5. The summed E-state index contributed by atoms with van der Waals surface area (Å²) in [5, 5.41) is 2.51. The second kappa shape index (κ2) is 10.8. The van der Waals surface area contributed by atoms with Crippen molar-refractivity contribution in [2.75, 3.05) is 17.5 Å². The van der Waals surface area contributed by atoms with Crippen molar-refractivity contribution in [3.05, 3.63) is 89.5 Å². The molecule has 35 heavy (non-hydrogen) atoms. The number of nitrogens with one attached hydrogen (secondary N) is 1. The molecule has 3 rings (SSSR count). The van der Waals surface area contributed by atoms with Crippen molar-refractivity contribution in [1.82, 2.24) is 5.32 Å². The number of sulfonamides is 1. The van der Waals surface area contributed by atoms with Gasteiger partial charge in [-0.25, -0.2) is 8.42 Å². The number of carbonyl (C=O) groups is 1. The number of para-hydroxylation sites is 2. The molecule has 0 spiro atoms. The van der Waals surface area contributed by atoms with Gasteiger partial charge in [-0.2, -0.15) is 13.2 Å². The summed E-state index contributed by atoms with van der Waals surface area (Å²) < 4.78 is 72.5. The summed E-state index contributed by atoms with van der Waals surface area (Å²) >= 11 is 0. The van der Waals surface area contributed by atoms with Crippen LogP contribution in [0.15, 0.2) is 77.7 Å². The molecule has 0 atom stereocenters. The number of halogens is 3. The molecule has 3 aromatic rings. The van der Waals surface area contributed by atoms with E-state index < -0.39 is 34.2 Å². The van der Waals surface area contributed by atoms with E-state index in [-0.39, 0.29) is 35.0 Å². The number of ether oxygens (including phenoxy) is 1. The van der Waals surface area contributed by atoms with Gasteiger partial charge in [0, 0.05) is 6.54 Å². The molecule has 0 aliphatic carbocycles. The standard InChI is InChI=1S/C25H25F3N2O4S/c1-3-34-23-10-5-4-9-22(23)30(35(32,33)21-13-11-18(2)12-14-21)17-24(31)29-16-19-7-6-8-20(15-19)25(26,27)28/h4-15H,3,16-17H2,1-2H3,(H,29,31). The van der Waals surface area contributed by atoms with Crippen LogP contribution in [0, 0.1) is 6.92 Å². The third kappa shape index (κ3) is 6.54. The Morgan fingerprint density at radius 1 is 1.00 bits per heavy atom. The largest absolute Gasteiger partial charge is 0.492 e. The molecule has 3 aromatic carbocycles. The van der Waals surface area contributed by atoms with Gasteiger partial charge in [-0.3, -0.25) is 9.10 Å². The predicted octanol–water partition coefficient (Wildman–Crippen LogP) is 4.92. The van der Waals surface area contributed by atoms with Crippen LogP contribution >= 0.6 is 0 Å². The molecule has 0 aliphatic rings. The number of alkyl halides is 3. The third-order valence-corrected chi connectivity index (χ3v) is 6.85. The highest BCUT2D eigenvalue weighted by Gasteiger charge is 2.31. The Bertz CT molecular complexity index is 1280. The molecule has 0 saturated carbocycles. The number of benzene rings is 3. The molecule has 0 aliphatic heterocycles. The second-order valence-corrected chi connectivity index (χ2v) is 9.56. The first-order chi connectivity index (χ1) is 16.5. The van der Waals surface area contributed by atoms with E-state index in [1.165, 1.54) is 30.3 Å². The number of hydrogen-bond acceptors (Lipinski definition) is 4. The predicted molar refractivity (Wildman–Crippen MR) is 127 cm³/mol. The van der Waals surface area contributed by atoms with Crippen LogP contribution in [0.3, 0.4) is 0 Å².